The fourth-order valence-corrected chi connectivity index (χ4v) is 1.78. The van der Waals surface area contributed by atoms with E-state index >= 15 is 0 Å². The maximum atomic E-state index is 10.9. The second-order valence-corrected chi connectivity index (χ2v) is 4.43. The molecular formula is C15H16O3. The minimum Gasteiger partial charge on any atom is -0.491 e. The highest BCUT2D eigenvalue weighted by atomic mass is 16.5. The number of hydrogen-bond donors (Lipinski definition) is 0. The Balaban J connectivity index is 2.36. The molecule has 0 aromatic heterocycles. The number of carbonyl (C=O) groups excluding carboxylic acids is 1. The van der Waals surface area contributed by atoms with Gasteiger partial charge in [0.25, 0.3) is 0 Å². The fraction of sp³-hybridized carbons (Fsp3) is 0.267. The van der Waals surface area contributed by atoms with E-state index in [9.17, 15) is 4.79 Å². The van der Waals surface area contributed by atoms with Crippen molar-refractivity contribution in [2.45, 2.75) is 26.9 Å². The molecule has 3 heteroatoms. The van der Waals surface area contributed by atoms with Gasteiger partial charge in [0.1, 0.15) is 11.5 Å². The molecule has 0 unspecified atom stereocenters. The zero-order valence-corrected chi connectivity index (χ0v) is 10.8. The molecule has 3 nitrogen and oxygen atoms in total. The Labute approximate surface area is 106 Å². The Morgan fingerprint density at radius 3 is 2.22 bits per heavy atom. The SMILES string of the molecule is CC(=O)Oc1ccc2ccc(OC(C)C)cc2c1. The minimum absolute atomic E-state index is 0.138. The molecule has 0 radical (unpaired) electrons. The monoisotopic (exact) mass is 244 g/mol. The topological polar surface area (TPSA) is 35.5 Å². The van der Waals surface area contributed by atoms with Crippen LogP contribution in [0.5, 0.6) is 11.5 Å². The van der Waals surface area contributed by atoms with E-state index in [1.165, 1.54) is 6.92 Å². The van der Waals surface area contributed by atoms with Crippen LogP contribution >= 0.6 is 0 Å². The Kier molecular flexibility index (Phi) is 3.51. The van der Waals surface area contributed by atoms with Crippen molar-refractivity contribution in [1.29, 1.82) is 0 Å². The average molecular weight is 244 g/mol. The largest absolute Gasteiger partial charge is 0.491 e. The van der Waals surface area contributed by atoms with Crippen LogP contribution in [0.4, 0.5) is 0 Å². The van der Waals surface area contributed by atoms with Crippen molar-refractivity contribution in [3.05, 3.63) is 36.4 Å². The molecule has 18 heavy (non-hydrogen) atoms. The lowest BCUT2D eigenvalue weighted by Gasteiger charge is -2.10. The first kappa shape index (κ1) is 12.4. The molecular weight excluding hydrogens is 228 g/mol. The number of carbonyl (C=O) groups is 1. The van der Waals surface area contributed by atoms with Crippen LogP contribution < -0.4 is 9.47 Å². The molecule has 94 valence electrons. The summed E-state index contributed by atoms with van der Waals surface area (Å²) in [7, 11) is 0. The van der Waals surface area contributed by atoms with Crippen LogP contribution in [0.25, 0.3) is 10.8 Å². The van der Waals surface area contributed by atoms with E-state index in [1.54, 1.807) is 6.07 Å². The lowest BCUT2D eigenvalue weighted by Crippen LogP contribution is -2.05. The molecule has 2 rings (SSSR count). The second-order valence-electron chi connectivity index (χ2n) is 4.43. The van der Waals surface area contributed by atoms with Crippen molar-refractivity contribution in [1.82, 2.24) is 0 Å². The average Bonchev–Trinajstić information content (AvgIpc) is 2.26. The first-order valence-electron chi connectivity index (χ1n) is 5.93. The van der Waals surface area contributed by atoms with Crippen LogP contribution in [0, 0.1) is 0 Å². The summed E-state index contributed by atoms with van der Waals surface area (Å²) >= 11 is 0. The van der Waals surface area contributed by atoms with Crippen molar-refractivity contribution in [3.63, 3.8) is 0 Å². The Bertz CT molecular complexity index is 573. The highest BCUT2D eigenvalue weighted by Crippen LogP contribution is 2.25. The van der Waals surface area contributed by atoms with Gasteiger partial charge in [-0.05, 0) is 48.9 Å². The molecule has 0 atom stereocenters. The number of benzene rings is 2. The van der Waals surface area contributed by atoms with Crippen LogP contribution in [0.2, 0.25) is 0 Å². The molecule has 2 aromatic rings. The Morgan fingerprint density at radius 1 is 1.00 bits per heavy atom. The van der Waals surface area contributed by atoms with Gasteiger partial charge >= 0.3 is 5.97 Å². The van der Waals surface area contributed by atoms with Crippen LogP contribution in [0.1, 0.15) is 20.8 Å². The van der Waals surface area contributed by atoms with Crippen molar-refractivity contribution in [2.75, 3.05) is 0 Å². The van der Waals surface area contributed by atoms with E-state index in [1.807, 2.05) is 44.2 Å². The van der Waals surface area contributed by atoms with Crippen LogP contribution in [-0.2, 0) is 4.79 Å². The predicted octanol–water partition coefficient (Wildman–Crippen LogP) is 3.55. The van der Waals surface area contributed by atoms with Gasteiger partial charge in [-0.25, -0.2) is 0 Å². The van der Waals surface area contributed by atoms with Crippen LogP contribution in [-0.4, -0.2) is 12.1 Å². The van der Waals surface area contributed by atoms with E-state index in [2.05, 4.69) is 0 Å². The summed E-state index contributed by atoms with van der Waals surface area (Å²) in [5.41, 5.74) is 0. The summed E-state index contributed by atoms with van der Waals surface area (Å²) in [6, 6.07) is 11.4. The predicted molar refractivity (Wildman–Crippen MR) is 71.0 cm³/mol. The van der Waals surface area contributed by atoms with E-state index < -0.39 is 0 Å². The van der Waals surface area contributed by atoms with Gasteiger partial charge in [-0.3, -0.25) is 4.79 Å². The molecule has 0 spiro atoms. The maximum Gasteiger partial charge on any atom is 0.308 e. The first-order valence-corrected chi connectivity index (χ1v) is 5.93. The van der Waals surface area contributed by atoms with Crippen LogP contribution in [0.3, 0.4) is 0 Å². The molecule has 0 aliphatic carbocycles. The molecule has 0 fully saturated rings. The Hall–Kier alpha value is -2.03. The first-order chi connectivity index (χ1) is 8.54. The molecule has 0 aliphatic rings. The smallest absolute Gasteiger partial charge is 0.308 e. The lowest BCUT2D eigenvalue weighted by molar-refractivity contribution is -0.131. The third kappa shape index (κ3) is 3.00. The van der Waals surface area contributed by atoms with E-state index in [0.717, 1.165) is 16.5 Å². The summed E-state index contributed by atoms with van der Waals surface area (Å²) in [6.45, 7) is 5.36. The molecule has 0 amide bonds. The van der Waals surface area contributed by atoms with Crippen molar-refractivity contribution < 1.29 is 14.3 Å². The molecule has 0 bridgehead atoms. The van der Waals surface area contributed by atoms with Gasteiger partial charge in [0, 0.05) is 6.92 Å². The summed E-state index contributed by atoms with van der Waals surface area (Å²) < 4.78 is 10.7. The van der Waals surface area contributed by atoms with Gasteiger partial charge < -0.3 is 9.47 Å². The molecule has 0 heterocycles. The van der Waals surface area contributed by atoms with E-state index in [-0.39, 0.29) is 12.1 Å². The van der Waals surface area contributed by atoms with Gasteiger partial charge in [0.05, 0.1) is 6.10 Å². The molecule has 0 N–H and O–H groups in total. The third-order valence-corrected chi connectivity index (χ3v) is 2.42. The molecule has 0 saturated carbocycles. The quantitative estimate of drug-likeness (QED) is 0.611. The van der Waals surface area contributed by atoms with Gasteiger partial charge in [-0.15, -0.1) is 0 Å². The normalized spacial score (nSPS) is 10.7. The van der Waals surface area contributed by atoms with Gasteiger partial charge in [0.15, 0.2) is 0 Å². The summed E-state index contributed by atoms with van der Waals surface area (Å²) in [5.74, 6) is 1.05. The minimum atomic E-state index is -0.316. The van der Waals surface area contributed by atoms with Crippen LogP contribution in [0.15, 0.2) is 36.4 Å². The van der Waals surface area contributed by atoms with E-state index in [0.29, 0.717) is 5.75 Å². The number of esters is 1. The molecule has 2 aromatic carbocycles. The zero-order chi connectivity index (χ0) is 13.1. The highest BCUT2D eigenvalue weighted by Gasteiger charge is 2.03. The van der Waals surface area contributed by atoms with Gasteiger partial charge in [0.2, 0.25) is 0 Å². The van der Waals surface area contributed by atoms with Crippen molar-refractivity contribution in [3.8, 4) is 11.5 Å². The number of fused-ring (bicyclic) bond motifs is 1. The van der Waals surface area contributed by atoms with Gasteiger partial charge in [-0.2, -0.15) is 0 Å². The fourth-order valence-electron chi connectivity index (χ4n) is 1.78. The lowest BCUT2D eigenvalue weighted by atomic mass is 10.1. The second kappa shape index (κ2) is 5.08. The number of ether oxygens (including phenoxy) is 2. The maximum absolute atomic E-state index is 10.9. The van der Waals surface area contributed by atoms with Gasteiger partial charge in [-0.1, -0.05) is 12.1 Å². The number of rotatable bonds is 3. The summed E-state index contributed by atoms with van der Waals surface area (Å²) in [6.07, 6.45) is 0.138. The van der Waals surface area contributed by atoms with Crippen molar-refractivity contribution in [2.24, 2.45) is 0 Å². The molecule has 0 saturated heterocycles. The Morgan fingerprint density at radius 2 is 1.61 bits per heavy atom. The van der Waals surface area contributed by atoms with E-state index in [4.69, 9.17) is 9.47 Å². The van der Waals surface area contributed by atoms with Crippen molar-refractivity contribution >= 4 is 16.7 Å². The third-order valence-electron chi connectivity index (χ3n) is 2.42. The standard InChI is InChI=1S/C15H16O3/c1-10(2)17-14-6-4-12-5-7-15(18-11(3)16)9-13(12)8-14/h4-10H,1-3H3. The summed E-state index contributed by atoms with van der Waals surface area (Å²) in [5, 5.41) is 2.08. The number of hydrogen-bond acceptors (Lipinski definition) is 3. The zero-order valence-electron chi connectivity index (χ0n) is 10.8. The highest BCUT2D eigenvalue weighted by molar-refractivity contribution is 5.86. The molecule has 0 aliphatic heterocycles. The summed E-state index contributed by atoms with van der Waals surface area (Å²) in [4.78, 5) is 10.9.